The maximum absolute atomic E-state index is 16.5. The first kappa shape index (κ1) is 31.6. The average molecular weight is 647 g/mol. The van der Waals surface area contributed by atoms with Gasteiger partial charge < -0.3 is 0 Å². The molecule has 0 radical (unpaired) electrons. The van der Waals surface area contributed by atoms with Crippen molar-refractivity contribution in [2.45, 2.75) is 84.5 Å². The van der Waals surface area contributed by atoms with E-state index in [1.807, 2.05) is 0 Å². The molecule has 2 aliphatic rings. The Morgan fingerprint density at radius 3 is 2.31 bits per heavy atom. The number of nitrogens with zero attached hydrogens (tertiary/aromatic N) is 2. The lowest BCUT2D eigenvalue weighted by atomic mass is 9.62. The number of rotatable bonds is 7. The molecule has 1 aliphatic carbocycles. The molecule has 6 aromatic rings. The minimum absolute atomic E-state index is 0.114. The second-order valence-electron chi connectivity index (χ2n) is 14.9. The summed E-state index contributed by atoms with van der Waals surface area (Å²) in [5.41, 5.74) is 12.2. The van der Waals surface area contributed by atoms with Crippen molar-refractivity contribution in [3.05, 3.63) is 130 Å². The predicted octanol–water partition coefficient (Wildman–Crippen LogP) is 10.9. The van der Waals surface area contributed by atoms with Gasteiger partial charge in [0.25, 0.3) is 0 Å². The van der Waals surface area contributed by atoms with Crippen LogP contribution in [0.4, 0.5) is 4.39 Å². The van der Waals surface area contributed by atoms with Gasteiger partial charge in [-0.25, -0.2) is 8.96 Å². The van der Waals surface area contributed by atoms with Gasteiger partial charge in [0, 0.05) is 34.1 Å². The molecule has 0 bridgehead atoms. The van der Waals surface area contributed by atoms with Gasteiger partial charge in [0.15, 0.2) is 18.6 Å². The summed E-state index contributed by atoms with van der Waals surface area (Å²) in [4.78, 5) is 0. The molecule has 0 saturated carbocycles. The molecule has 2 aromatic heterocycles. The van der Waals surface area contributed by atoms with E-state index >= 15 is 4.39 Å². The van der Waals surface area contributed by atoms with Gasteiger partial charge in [-0.2, -0.15) is 4.57 Å². The largest absolute Gasteiger partial charge is 0.226 e. The molecule has 0 saturated heterocycles. The Bertz CT molecular complexity index is 2350. The zero-order valence-corrected chi connectivity index (χ0v) is 30.0. The van der Waals surface area contributed by atoms with Crippen LogP contribution in [0.1, 0.15) is 93.7 Å². The van der Waals surface area contributed by atoms with Gasteiger partial charge in [-0.3, -0.25) is 0 Å². The number of halogens is 1. The number of fused-ring (bicyclic) bond motifs is 1. The fraction of sp³-hybridized carbons (Fsp3) is 0.304. The third kappa shape index (κ3) is 4.43. The van der Waals surface area contributed by atoms with E-state index in [4.69, 9.17) is 0 Å². The molecule has 49 heavy (non-hydrogen) atoms. The van der Waals surface area contributed by atoms with Gasteiger partial charge in [-0.15, -0.1) is 0 Å². The highest BCUT2D eigenvalue weighted by atomic mass is 19.1. The van der Waals surface area contributed by atoms with E-state index in [9.17, 15) is 0 Å². The standard InChI is InChI=1S/C46H47FN2/c1-8-11-14-30-18-20-36-40-32(30)24-26-49-28-38(46(9-2,10-3)37-21-22-39(47)42(45(36,5)6)41(37)44(40)49)34-19-17-29(4)27-35(34)43-33-16-13-12-15-31(33)23-25-48(43)7/h12-13,15-28H,8-11,14H2,1-7H3/q+2. The minimum Gasteiger partial charge on any atom is -0.207 e. The monoisotopic (exact) mass is 646 g/mol. The van der Waals surface area contributed by atoms with Crippen molar-refractivity contribution in [1.29, 1.82) is 0 Å². The summed E-state index contributed by atoms with van der Waals surface area (Å²) in [5, 5.41) is 5.05. The van der Waals surface area contributed by atoms with Crippen molar-refractivity contribution in [2.75, 3.05) is 0 Å². The summed E-state index contributed by atoms with van der Waals surface area (Å²) in [6, 6.07) is 28.7. The second-order valence-corrected chi connectivity index (χ2v) is 14.9. The Kier molecular flexibility index (Phi) is 7.41. The Morgan fingerprint density at radius 2 is 1.53 bits per heavy atom. The number of aryl methyl sites for hydroxylation is 3. The van der Waals surface area contributed by atoms with E-state index < -0.39 is 5.41 Å². The van der Waals surface area contributed by atoms with Crippen molar-refractivity contribution >= 4 is 33.3 Å². The normalized spacial score (nSPS) is 15.4. The molecule has 0 fully saturated rings. The number of pyridine rings is 2. The van der Waals surface area contributed by atoms with Gasteiger partial charge in [0.2, 0.25) is 11.4 Å². The van der Waals surface area contributed by atoms with E-state index in [1.165, 1.54) is 66.2 Å². The van der Waals surface area contributed by atoms with Crippen LogP contribution in [-0.2, 0) is 24.3 Å². The third-order valence-corrected chi connectivity index (χ3v) is 12.0. The van der Waals surface area contributed by atoms with E-state index in [0.717, 1.165) is 48.9 Å². The van der Waals surface area contributed by atoms with Crippen LogP contribution in [-0.4, -0.2) is 0 Å². The van der Waals surface area contributed by atoms with Crippen LogP contribution in [0.5, 0.6) is 0 Å². The average Bonchev–Trinajstić information content (AvgIpc) is 3.22. The molecular weight excluding hydrogens is 600 g/mol. The Labute approximate surface area is 290 Å². The lowest BCUT2D eigenvalue weighted by Crippen LogP contribution is -2.35. The van der Waals surface area contributed by atoms with Gasteiger partial charge >= 0.3 is 0 Å². The van der Waals surface area contributed by atoms with Crippen LogP contribution in [0.25, 0.3) is 55.8 Å². The molecule has 246 valence electrons. The van der Waals surface area contributed by atoms with E-state index in [2.05, 4.69) is 149 Å². The molecule has 0 spiro atoms. The van der Waals surface area contributed by atoms with Crippen LogP contribution in [0.3, 0.4) is 0 Å². The summed E-state index contributed by atoms with van der Waals surface area (Å²) in [6.07, 6.45) is 12.0. The van der Waals surface area contributed by atoms with Crippen molar-refractivity contribution in [2.24, 2.45) is 7.05 Å². The van der Waals surface area contributed by atoms with Gasteiger partial charge in [-0.05, 0) is 83.8 Å². The van der Waals surface area contributed by atoms with Crippen molar-refractivity contribution in [3.63, 3.8) is 0 Å². The van der Waals surface area contributed by atoms with Crippen molar-refractivity contribution in [1.82, 2.24) is 0 Å². The highest BCUT2D eigenvalue weighted by Gasteiger charge is 2.49. The number of aromatic nitrogens is 2. The number of allylic oxidation sites excluding steroid dienone is 1. The molecule has 1 aliphatic heterocycles. The summed E-state index contributed by atoms with van der Waals surface area (Å²) in [7, 11) is 2.16. The van der Waals surface area contributed by atoms with Crippen LogP contribution in [0.2, 0.25) is 0 Å². The number of hydrogen-bond donors (Lipinski definition) is 0. The van der Waals surface area contributed by atoms with Crippen LogP contribution >= 0.6 is 0 Å². The van der Waals surface area contributed by atoms with Crippen LogP contribution in [0.15, 0.2) is 91.3 Å². The minimum atomic E-state index is -0.493. The molecular formula is C46H47FN2+2. The van der Waals surface area contributed by atoms with Gasteiger partial charge in [-0.1, -0.05) is 95.1 Å². The lowest BCUT2D eigenvalue weighted by molar-refractivity contribution is -0.659. The molecule has 0 atom stereocenters. The summed E-state index contributed by atoms with van der Waals surface area (Å²) in [6.45, 7) is 13.5. The SMILES string of the molecule is CCCCc1ccc2c3c4[n+](ccc13)C=C(c1ccc(C)cc1-c1c3ccccc3cc[n+]1C)C(CC)(CC)c1ccc(F)c(c1-4)C2(C)C. The van der Waals surface area contributed by atoms with Crippen LogP contribution in [0, 0.1) is 12.7 Å². The number of hydrogen-bond acceptors (Lipinski definition) is 0. The zero-order valence-electron chi connectivity index (χ0n) is 30.0. The molecule has 4 aromatic carbocycles. The van der Waals surface area contributed by atoms with Crippen molar-refractivity contribution in [3.8, 4) is 22.5 Å². The maximum Gasteiger partial charge on any atom is 0.226 e. The summed E-state index contributed by atoms with van der Waals surface area (Å²) < 4.78 is 21.2. The molecule has 0 unspecified atom stereocenters. The molecule has 0 amide bonds. The fourth-order valence-electron chi connectivity index (χ4n) is 9.39. The predicted molar refractivity (Wildman–Crippen MR) is 202 cm³/mol. The quantitative estimate of drug-likeness (QED) is 0.153. The number of benzene rings is 4. The van der Waals surface area contributed by atoms with Crippen molar-refractivity contribution < 1.29 is 13.5 Å². The molecule has 0 N–H and O–H groups in total. The highest BCUT2D eigenvalue weighted by Crippen LogP contribution is 2.57. The molecule has 2 nitrogen and oxygen atoms in total. The summed E-state index contributed by atoms with van der Waals surface area (Å²) in [5.74, 6) is -0.114. The molecule has 8 rings (SSSR count). The first-order valence-corrected chi connectivity index (χ1v) is 18.2. The maximum atomic E-state index is 16.5. The molecule has 3 heterocycles. The molecule has 3 heteroatoms. The van der Waals surface area contributed by atoms with E-state index in [-0.39, 0.29) is 11.2 Å². The van der Waals surface area contributed by atoms with Gasteiger partial charge in [0.1, 0.15) is 12.9 Å². The fourth-order valence-corrected chi connectivity index (χ4v) is 9.39. The topological polar surface area (TPSA) is 7.76 Å². The Balaban J connectivity index is 1.54. The smallest absolute Gasteiger partial charge is 0.207 e. The van der Waals surface area contributed by atoms with E-state index in [1.54, 1.807) is 6.07 Å². The first-order valence-electron chi connectivity index (χ1n) is 18.2. The Hall–Kier alpha value is -4.63. The number of unbranched alkanes of at least 4 members (excludes halogenated alkanes) is 1. The Morgan fingerprint density at radius 1 is 0.755 bits per heavy atom. The third-order valence-electron chi connectivity index (χ3n) is 12.0. The lowest BCUT2D eigenvalue weighted by Gasteiger charge is -2.39. The summed E-state index contributed by atoms with van der Waals surface area (Å²) >= 11 is 0. The zero-order chi connectivity index (χ0) is 34.2. The van der Waals surface area contributed by atoms with Gasteiger partial charge in [0.05, 0.1) is 21.9 Å². The van der Waals surface area contributed by atoms with Crippen LogP contribution < -0.4 is 9.13 Å². The highest BCUT2D eigenvalue weighted by molar-refractivity contribution is 6.05. The second kappa shape index (κ2) is 11.5. The first-order chi connectivity index (χ1) is 23.7. The van der Waals surface area contributed by atoms with E-state index in [0.29, 0.717) is 0 Å².